The van der Waals surface area contributed by atoms with Crippen LogP contribution in [0.3, 0.4) is 0 Å². The largest absolute Gasteiger partial charge is 0.497 e. The highest BCUT2D eigenvalue weighted by molar-refractivity contribution is 7.80. The van der Waals surface area contributed by atoms with Crippen LogP contribution in [-0.4, -0.2) is 43.9 Å². The van der Waals surface area contributed by atoms with Crippen molar-refractivity contribution >= 4 is 17.3 Å². The van der Waals surface area contributed by atoms with Crippen LogP contribution in [-0.2, 0) is 11.3 Å². The average Bonchev–Trinajstić information content (AvgIpc) is 2.39. The summed E-state index contributed by atoms with van der Waals surface area (Å²) < 4.78 is 10.2. The second-order valence-corrected chi connectivity index (χ2v) is 4.90. The number of nitrogens with one attached hydrogen (secondary N) is 1. The van der Waals surface area contributed by atoms with Crippen LogP contribution >= 0.6 is 12.2 Å². The molecule has 5 heteroatoms. The molecule has 1 unspecified atom stereocenters. The molecule has 0 bridgehead atoms. The lowest BCUT2D eigenvalue weighted by Gasteiger charge is -2.24. The van der Waals surface area contributed by atoms with E-state index in [9.17, 15) is 0 Å². The lowest BCUT2D eigenvalue weighted by Crippen LogP contribution is -2.43. The third-order valence-corrected chi connectivity index (χ3v) is 3.14. The van der Waals surface area contributed by atoms with E-state index in [1.807, 2.05) is 43.1 Å². The fourth-order valence-corrected chi connectivity index (χ4v) is 1.95. The van der Waals surface area contributed by atoms with E-state index in [2.05, 4.69) is 5.32 Å². The maximum atomic E-state index is 5.35. The van der Waals surface area contributed by atoms with Gasteiger partial charge in [-0.05, 0) is 36.8 Å². The first kappa shape index (κ1) is 15.7. The lowest BCUT2D eigenvalue weighted by atomic mass is 10.2. The smallest absolute Gasteiger partial charge is 0.169 e. The van der Waals surface area contributed by atoms with Crippen molar-refractivity contribution in [3.05, 3.63) is 29.8 Å². The van der Waals surface area contributed by atoms with E-state index in [0.29, 0.717) is 6.61 Å². The number of hydrogen-bond donors (Lipinski definition) is 1. The standard InChI is InChI=1S/C14H22N2O2S/c1-11(10-17-3)15-14(19)16(2)9-12-5-7-13(18-4)8-6-12/h5-8,11H,9-10H2,1-4H3,(H,15,19). The van der Waals surface area contributed by atoms with Crippen molar-refractivity contribution in [2.24, 2.45) is 0 Å². The fourth-order valence-electron chi connectivity index (χ4n) is 1.69. The van der Waals surface area contributed by atoms with Crippen LogP contribution in [0.4, 0.5) is 0 Å². The van der Waals surface area contributed by atoms with Gasteiger partial charge in [0.1, 0.15) is 5.75 Å². The Morgan fingerprint density at radius 2 is 1.95 bits per heavy atom. The van der Waals surface area contributed by atoms with Gasteiger partial charge in [-0.2, -0.15) is 0 Å². The third kappa shape index (κ3) is 5.44. The molecular formula is C14H22N2O2S. The molecule has 0 amide bonds. The maximum Gasteiger partial charge on any atom is 0.169 e. The first-order chi connectivity index (χ1) is 9.06. The summed E-state index contributed by atoms with van der Waals surface area (Å²) in [5.74, 6) is 0.862. The van der Waals surface area contributed by atoms with Crippen LogP contribution in [0, 0.1) is 0 Å². The number of methoxy groups -OCH3 is 2. The molecular weight excluding hydrogens is 260 g/mol. The molecule has 0 aliphatic carbocycles. The molecule has 1 atom stereocenters. The van der Waals surface area contributed by atoms with E-state index >= 15 is 0 Å². The van der Waals surface area contributed by atoms with Crippen molar-refractivity contribution < 1.29 is 9.47 Å². The van der Waals surface area contributed by atoms with Crippen LogP contribution in [0.1, 0.15) is 12.5 Å². The molecule has 106 valence electrons. The molecule has 1 rings (SSSR count). The topological polar surface area (TPSA) is 33.7 Å². The molecule has 0 aliphatic heterocycles. The number of hydrogen-bond acceptors (Lipinski definition) is 3. The van der Waals surface area contributed by atoms with Crippen molar-refractivity contribution in [1.82, 2.24) is 10.2 Å². The van der Waals surface area contributed by atoms with Crippen LogP contribution in [0.5, 0.6) is 5.75 Å². The molecule has 0 aliphatic rings. The van der Waals surface area contributed by atoms with Crippen molar-refractivity contribution in [3.8, 4) is 5.75 Å². The maximum absolute atomic E-state index is 5.35. The average molecular weight is 282 g/mol. The van der Waals surface area contributed by atoms with Gasteiger partial charge in [-0.3, -0.25) is 0 Å². The summed E-state index contributed by atoms with van der Waals surface area (Å²) in [5, 5.41) is 3.95. The Bertz CT molecular complexity index is 395. The second kappa shape index (κ2) is 7.96. The predicted octanol–water partition coefficient (Wildman–Crippen LogP) is 2.04. The minimum absolute atomic E-state index is 0.204. The van der Waals surface area contributed by atoms with Gasteiger partial charge in [0.05, 0.1) is 13.7 Å². The van der Waals surface area contributed by atoms with E-state index in [0.717, 1.165) is 17.4 Å². The van der Waals surface area contributed by atoms with Crippen LogP contribution in [0.15, 0.2) is 24.3 Å². The Morgan fingerprint density at radius 1 is 1.32 bits per heavy atom. The molecule has 0 spiro atoms. The van der Waals surface area contributed by atoms with Crippen molar-refractivity contribution in [3.63, 3.8) is 0 Å². The molecule has 0 fully saturated rings. The highest BCUT2D eigenvalue weighted by atomic mass is 32.1. The minimum Gasteiger partial charge on any atom is -0.497 e. The normalized spacial score (nSPS) is 11.8. The van der Waals surface area contributed by atoms with Crippen LogP contribution in [0.2, 0.25) is 0 Å². The zero-order chi connectivity index (χ0) is 14.3. The molecule has 1 aromatic rings. The monoisotopic (exact) mass is 282 g/mol. The van der Waals surface area contributed by atoms with Crippen LogP contribution in [0.25, 0.3) is 0 Å². The number of rotatable bonds is 6. The van der Waals surface area contributed by atoms with Gasteiger partial charge in [0, 0.05) is 26.7 Å². The Hall–Kier alpha value is -1.33. The number of ether oxygens (including phenoxy) is 2. The molecule has 0 radical (unpaired) electrons. The quantitative estimate of drug-likeness (QED) is 0.808. The minimum atomic E-state index is 0.204. The van der Waals surface area contributed by atoms with Crippen molar-refractivity contribution in [2.45, 2.75) is 19.5 Å². The van der Waals surface area contributed by atoms with Gasteiger partial charge in [0.25, 0.3) is 0 Å². The van der Waals surface area contributed by atoms with E-state index in [1.165, 1.54) is 5.56 Å². The third-order valence-electron chi connectivity index (χ3n) is 2.71. The summed E-state index contributed by atoms with van der Waals surface area (Å²) in [4.78, 5) is 2.00. The van der Waals surface area contributed by atoms with Gasteiger partial charge < -0.3 is 19.7 Å². The molecule has 0 saturated carbocycles. The Labute approximate surface area is 120 Å². The molecule has 19 heavy (non-hydrogen) atoms. The lowest BCUT2D eigenvalue weighted by molar-refractivity contribution is 0.178. The molecule has 1 aromatic carbocycles. The summed E-state index contributed by atoms with van der Waals surface area (Å²) in [6, 6.07) is 8.18. The van der Waals surface area contributed by atoms with Crippen molar-refractivity contribution in [2.75, 3.05) is 27.9 Å². The van der Waals surface area contributed by atoms with E-state index in [-0.39, 0.29) is 6.04 Å². The summed E-state index contributed by atoms with van der Waals surface area (Å²) in [6.45, 7) is 3.43. The summed E-state index contributed by atoms with van der Waals surface area (Å²) >= 11 is 5.35. The summed E-state index contributed by atoms with van der Waals surface area (Å²) in [5.41, 5.74) is 1.19. The number of benzene rings is 1. The van der Waals surface area contributed by atoms with E-state index < -0.39 is 0 Å². The molecule has 4 nitrogen and oxygen atoms in total. The van der Waals surface area contributed by atoms with Gasteiger partial charge in [0.15, 0.2) is 5.11 Å². The Morgan fingerprint density at radius 3 is 2.47 bits per heavy atom. The number of nitrogens with zero attached hydrogens (tertiary/aromatic N) is 1. The summed E-state index contributed by atoms with van der Waals surface area (Å²) in [6.07, 6.45) is 0. The van der Waals surface area contributed by atoms with E-state index in [1.54, 1.807) is 14.2 Å². The predicted molar refractivity (Wildman–Crippen MR) is 81.5 cm³/mol. The van der Waals surface area contributed by atoms with Gasteiger partial charge in [-0.25, -0.2) is 0 Å². The fraction of sp³-hybridized carbons (Fsp3) is 0.500. The Balaban J connectivity index is 2.48. The Kier molecular flexibility index (Phi) is 6.59. The molecule has 0 aromatic heterocycles. The van der Waals surface area contributed by atoms with Gasteiger partial charge >= 0.3 is 0 Å². The second-order valence-electron chi connectivity index (χ2n) is 4.51. The summed E-state index contributed by atoms with van der Waals surface area (Å²) in [7, 11) is 5.32. The van der Waals surface area contributed by atoms with E-state index in [4.69, 9.17) is 21.7 Å². The number of thiocarbonyl (C=S) groups is 1. The first-order valence-electron chi connectivity index (χ1n) is 6.20. The SMILES string of the molecule is COCC(C)NC(=S)N(C)Cc1ccc(OC)cc1. The zero-order valence-electron chi connectivity index (χ0n) is 12.0. The molecule has 0 saturated heterocycles. The molecule has 0 heterocycles. The van der Waals surface area contributed by atoms with Crippen LogP contribution < -0.4 is 10.1 Å². The first-order valence-corrected chi connectivity index (χ1v) is 6.61. The van der Waals surface area contributed by atoms with Gasteiger partial charge in [0.2, 0.25) is 0 Å². The van der Waals surface area contributed by atoms with Gasteiger partial charge in [-0.1, -0.05) is 12.1 Å². The van der Waals surface area contributed by atoms with Gasteiger partial charge in [-0.15, -0.1) is 0 Å². The highest BCUT2D eigenvalue weighted by Crippen LogP contribution is 2.12. The molecule has 1 N–H and O–H groups in total. The highest BCUT2D eigenvalue weighted by Gasteiger charge is 2.08. The van der Waals surface area contributed by atoms with Crippen molar-refractivity contribution in [1.29, 1.82) is 0 Å². The zero-order valence-corrected chi connectivity index (χ0v) is 12.8.